The minimum absolute atomic E-state index is 0.0759. The molecule has 1 aliphatic rings. The number of rotatable bonds is 3. The molecule has 0 aliphatic carbocycles. The van der Waals surface area contributed by atoms with Gasteiger partial charge in [0.1, 0.15) is 0 Å². The quantitative estimate of drug-likeness (QED) is 0.582. The summed E-state index contributed by atoms with van der Waals surface area (Å²) in [5.74, 6) is -1.26. The Kier molecular flexibility index (Phi) is 2.90. The topological polar surface area (TPSA) is 83.7 Å². The van der Waals surface area contributed by atoms with Gasteiger partial charge in [0, 0.05) is 12.1 Å². The summed E-state index contributed by atoms with van der Waals surface area (Å²) in [7, 11) is 0. The van der Waals surface area contributed by atoms with Crippen molar-refractivity contribution >= 4 is 17.8 Å². The Hall–Kier alpha value is -2.18. The summed E-state index contributed by atoms with van der Waals surface area (Å²) in [5.41, 5.74) is 0.649. The molecule has 1 saturated heterocycles. The van der Waals surface area contributed by atoms with Crippen LogP contribution in [-0.4, -0.2) is 38.8 Å². The normalized spacial score (nSPS) is 16.3. The molecule has 0 unspecified atom stereocenters. The van der Waals surface area contributed by atoms with Crippen LogP contribution in [0.25, 0.3) is 0 Å². The molecule has 1 fully saturated rings. The third-order valence-corrected chi connectivity index (χ3v) is 2.59. The average molecular weight is 251 g/mol. The highest BCUT2D eigenvalue weighted by molar-refractivity contribution is 6.44. The van der Waals surface area contributed by atoms with Gasteiger partial charge in [-0.25, -0.2) is 9.69 Å². The van der Waals surface area contributed by atoms with Crippen LogP contribution in [-0.2, 0) is 16.1 Å². The van der Waals surface area contributed by atoms with Gasteiger partial charge in [-0.3, -0.25) is 14.5 Å². The Bertz CT molecular complexity index is 520. The van der Waals surface area contributed by atoms with E-state index in [1.54, 1.807) is 26.8 Å². The summed E-state index contributed by atoms with van der Waals surface area (Å²) in [6.07, 6.45) is 0. The smallest absolute Gasteiger partial charge is 0.334 e. The first-order chi connectivity index (χ1) is 8.41. The maximum atomic E-state index is 11.9. The first kappa shape index (κ1) is 12.3. The van der Waals surface area contributed by atoms with E-state index in [1.807, 2.05) is 0 Å². The fraction of sp³-hybridized carbons (Fsp3) is 0.455. The van der Waals surface area contributed by atoms with Gasteiger partial charge in [0.05, 0.1) is 12.2 Å². The van der Waals surface area contributed by atoms with Crippen LogP contribution in [0, 0.1) is 6.92 Å². The molecule has 4 amide bonds. The van der Waals surface area contributed by atoms with Gasteiger partial charge >= 0.3 is 17.8 Å². The second-order valence-electron chi connectivity index (χ2n) is 4.38. The third-order valence-electron chi connectivity index (χ3n) is 2.59. The molecule has 1 aromatic heterocycles. The van der Waals surface area contributed by atoms with Gasteiger partial charge in [-0.15, -0.1) is 0 Å². The van der Waals surface area contributed by atoms with Crippen LogP contribution in [0.15, 0.2) is 10.6 Å². The third kappa shape index (κ3) is 1.87. The minimum Gasteiger partial charge on any atom is -0.359 e. The van der Waals surface area contributed by atoms with Crippen LogP contribution < -0.4 is 0 Å². The second-order valence-corrected chi connectivity index (χ2v) is 4.38. The van der Waals surface area contributed by atoms with Crippen molar-refractivity contribution in [3.05, 3.63) is 17.5 Å². The number of hydrogen-bond donors (Lipinski definition) is 0. The first-order valence-corrected chi connectivity index (χ1v) is 5.53. The second kappa shape index (κ2) is 4.25. The lowest BCUT2D eigenvalue weighted by atomic mass is 10.3. The number of amides is 4. The number of nitrogens with zero attached hydrogens (tertiary/aromatic N) is 3. The number of imide groups is 2. The maximum absolute atomic E-state index is 11.9. The molecular weight excluding hydrogens is 238 g/mol. The first-order valence-electron chi connectivity index (χ1n) is 5.53. The van der Waals surface area contributed by atoms with Gasteiger partial charge < -0.3 is 4.52 Å². The van der Waals surface area contributed by atoms with Gasteiger partial charge in [-0.05, 0) is 20.8 Å². The van der Waals surface area contributed by atoms with Crippen molar-refractivity contribution in [1.29, 1.82) is 0 Å². The average Bonchev–Trinajstić information content (AvgIpc) is 2.77. The Morgan fingerprint density at radius 1 is 1.28 bits per heavy atom. The lowest BCUT2D eigenvalue weighted by Crippen LogP contribution is -2.37. The van der Waals surface area contributed by atoms with E-state index in [0.29, 0.717) is 11.5 Å². The zero-order valence-corrected chi connectivity index (χ0v) is 10.3. The van der Waals surface area contributed by atoms with Crippen molar-refractivity contribution in [3.63, 3.8) is 0 Å². The van der Waals surface area contributed by atoms with E-state index in [1.165, 1.54) is 0 Å². The van der Waals surface area contributed by atoms with Gasteiger partial charge in [0.2, 0.25) is 0 Å². The van der Waals surface area contributed by atoms with E-state index in [-0.39, 0.29) is 12.6 Å². The molecule has 7 nitrogen and oxygen atoms in total. The standard InChI is InChI=1S/C11H13N3O4/c1-6(2)14-10(16)9(15)13(11(14)17)5-8-4-7(3)12-18-8/h4,6H,5H2,1-3H3. The highest BCUT2D eigenvalue weighted by atomic mass is 16.5. The van der Waals surface area contributed by atoms with E-state index in [0.717, 1.165) is 9.80 Å². The molecule has 1 aliphatic heterocycles. The van der Waals surface area contributed by atoms with E-state index in [4.69, 9.17) is 4.52 Å². The highest BCUT2D eigenvalue weighted by Crippen LogP contribution is 2.18. The number of aryl methyl sites for hydroxylation is 1. The minimum atomic E-state index is -0.831. The fourth-order valence-corrected chi connectivity index (χ4v) is 1.76. The van der Waals surface area contributed by atoms with Gasteiger partial charge in [-0.1, -0.05) is 5.16 Å². The molecule has 0 radical (unpaired) electrons. The van der Waals surface area contributed by atoms with Gasteiger partial charge in [-0.2, -0.15) is 0 Å². The molecular formula is C11H13N3O4. The molecule has 0 spiro atoms. The van der Waals surface area contributed by atoms with Crippen molar-refractivity contribution in [1.82, 2.24) is 15.0 Å². The number of urea groups is 1. The zero-order valence-electron chi connectivity index (χ0n) is 10.3. The Balaban J connectivity index is 2.21. The SMILES string of the molecule is Cc1cc(CN2C(=O)C(=O)N(C(C)C)C2=O)on1. The summed E-state index contributed by atoms with van der Waals surface area (Å²) in [6.45, 7) is 5.00. The molecule has 2 heterocycles. The van der Waals surface area contributed by atoms with Crippen molar-refractivity contribution in [2.45, 2.75) is 33.4 Å². The Morgan fingerprint density at radius 3 is 2.39 bits per heavy atom. The zero-order chi connectivity index (χ0) is 13.4. The van der Waals surface area contributed by atoms with Crippen molar-refractivity contribution < 1.29 is 18.9 Å². The predicted molar refractivity (Wildman–Crippen MR) is 59.2 cm³/mol. The summed E-state index contributed by atoms with van der Waals surface area (Å²) in [4.78, 5) is 37.1. The molecule has 0 saturated carbocycles. The Morgan fingerprint density at radius 2 is 1.94 bits per heavy atom. The van der Waals surface area contributed by atoms with Crippen LogP contribution >= 0.6 is 0 Å². The summed E-state index contributed by atoms with van der Waals surface area (Å²) in [6, 6.07) is 0.646. The molecule has 0 atom stereocenters. The van der Waals surface area contributed by atoms with Crippen LogP contribution in [0.2, 0.25) is 0 Å². The number of hydrogen-bond acceptors (Lipinski definition) is 5. The van der Waals surface area contributed by atoms with E-state index in [9.17, 15) is 14.4 Å². The van der Waals surface area contributed by atoms with Crippen LogP contribution in [0.3, 0.4) is 0 Å². The van der Waals surface area contributed by atoms with Crippen LogP contribution in [0.5, 0.6) is 0 Å². The largest absolute Gasteiger partial charge is 0.359 e. The predicted octanol–water partition coefficient (Wildman–Crippen LogP) is 0.682. The van der Waals surface area contributed by atoms with Crippen LogP contribution in [0.4, 0.5) is 4.79 Å². The van der Waals surface area contributed by atoms with E-state index >= 15 is 0 Å². The van der Waals surface area contributed by atoms with Crippen molar-refractivity contribution in [2.24, 2.45) is 0 Å². The number of aromatic nitrogens is 1. The highest BCUT2D eigenvalue weighted by Gasteiger charge is 2.45. The number of carbonyl (C=O) groups excluding carboxylic acids is 3. The molecule has 7 heteroatoms. The van der Waals surface area contributed by atoms with Crippen LogP contribution in [0.1, 0.15) is 25.3 Å². The van der Waals surface area contributed by atoms with Crippen molar-refractivity contribution in [2.75, 3.05) is 0 Å². The molecule has 1 aromatic rings. The summed E-state index contributed by atoms with van der Waals surface area (Å²) < 4.78 is 4.93. The fourth-order valence-electron chi connectivity index (χ4n) is 1.76. The molecule has 96 valence electrons. The van der Waals surface area contributed by atoms with Gasteiger partial charge in [0.15, 0.2) is 5.76 Å². The summed E-state index contributed by atoms with van der Waals surface area (Å²) >= 11 is 0. The maximum Gasteiger partial charge on any atom is 0.334 e. The van der Waals surface area contributed by atoms with E-state index < -0.39 is 17.8 Å². The molecule has 18 heavy (non-hydrogen) atoms. The lowest BCUT2D eigenvalue weighted by molar-refractivity contribution is -0.144. The lowest BCUT2D eigenvalue weighted by Gasteiger charge is -2.17. The van der Waals surface area contributed by atoms with Crippen molar-refractivity contribution in [3.8, 4) is 0 Å². The number of carbonyl (C=O) groups is 3. The molecule has 0 aromatic carbocycles. The summed E-state index contributed by atoms with van der Waals surface area (Å²) in [5, 5.41) is 3.66. The molecule has 0 N–H and O–H groups in total. The monoisotopic (exact) mass is 251 g/mol. The van der Waals surface area contributed by atoms with E-state index in [2.05, 4.69) is 5.16 Å². The molecule has 0 bridgehead atoms. The van der Waals surface area contributed by atoms with Gasteiger partial charge in [0.25, 0.3) is 0 Å². The molecule has 2 rings (SSSR count). The Labute approximate surface area is 103 Å².